The monoisotopic (exact) mass is 358 g/mol. The molecule has 9 heteroatoms. The van der Waals surface area contributed by atoms with Crippen molar-refractivity contribution in [3.8, 4) is 0 Å². The Balaban J connectivity index is 1.94. The van der Waals surface area contributed by atoms with Crippen molar-refractivity contribution in [3.63, 3.8) is 0 Å². The number of Topliss-reactive ketones (excluding diaryl/α,β-unsaturated/α-hetero) is 1. The molecule has 2 heterocycles. The van der Waals surface area contributed by atoms with Crippen LogP contribution < -0.4 is 5.32 Å². The number of alkyl halides is 3. The summed E-state index contributed by atoms with van der Waals surface area (Å²) in [6.07, 6.45) is -2.72. The van der Waals surface area contributed by atoms with E-state index in [0.717, 1.165) is 5.56 Å². The van der Waals surface area contributed by atoms with Crippen molar-refractivity contribution in [1.82, 2.24) is 9.88 Å². The summed E-state index contributed by atoms with van der Waals surface area (Å²) in [6.45, 7) is 0.226. The van der Waals surface area contributed by atoms with E-state index in [-0.39, 0.29) is 25.2 Å². The summed E-state index contributed by atoms with van der Waals surface area (Å²) in [5.74, 6) is -4.54. The number of amides is 1. The lowest BCUT2D eigenvalue weighted by Gasteiger charge is -2.32. The smallest absolute Gasteiger partial charge is 0.469 e. The molecule has 1 amide bonds. The molecule has 1 aliphatic heterocycles. The maximum absolute atomic E-state index is 12.7. The summed E-state index contributed by atoms with van der Waals surface area (Å²) in [4.78, 5) is 35.9. The van der Waals surface area contributed by atoms with Crippen molar-refractivity contribution in [2.24, 2.45) is 5.92 Å². The molecule has 1 aromatic heterocycles. The lowest BCUT2D eigenvalue weighted by molar-refractivity contribution is -0.174. The number of carbonyl (C=O) groups is 3. The Labute approximate surface area is 141 Å². The minimum atomic E-state index is -5.01. The number of aromatic nitrogens is 1. The molecule has 25 heavy (non-hydrogen) atoms. The lowest BCUT2D eigenvalue weighted by Crippen LogP contribution is -2.49. The molecule has 2 aliphatic rings. The quantitative estimate of drug-likeness (QED) is 0.809. The minimum Gasteiger partial charge on any atom is -0.469 e. The van der Waals surface area contributed by atoms with Crippen LogP contribution in [-0.2, 0) is 32.1 Å². The van der Waals surface area contributed by atoms with Gasteiger partial charge in [-0.3, -0.25) is 14.4 Å². The third-order valence-corrected chi connectivity index (χ3v) is 4.84. The maximum atomic E-state index is 12.7. The molecule has 0 saturated carbocycles. The SMILES string of the molecule is COC(=O)[C@H]1CC(=O)C2c3c(ccn3C1)CC[C@@H]2NC(=O)C(F)(F)F. The van der Waals surface area contributed by atoms with E-state index in [2.05, 4.69) is 0 Å². The van der Waals surface area contributed by atoms with Gasteiger partial charge in [0.2, 0.25) is 0 Å². The van der Waals surface area contributed by atoms with Crippen molar-refractivity contribution in [3.05, 3.63) is 23.5 Å². The first-order chi connectivity index (χ1) is 11.7. The molecule has 6 nitrogen and oxygen atoms in total. The fourth-order valence-corrected chi connectivity index (χ4v) is 3.73. The maximum Gasteiger partial charge on any atom is 0.471 e. The van der Waals surface area contributed by atoms with Gasteiger partial charge in [0, 0.05) is 30.9 Å². The Morgan fingerprint density at radius 2 is 2.08 bits per heavy atom. The summed E-state index contributed by atoms with van der Waals surface area (Å²) in [7, 11) is 1.22. The zero-order valence-electron chi connectivity index (χ0n) is 13.4. The molecule has 136 valence electrons. The van der Waals surface area contributed by atoms with Gasteiger partial charge in [0.05, 0.1) is 18.9 Å². The molecular formula is C16H17F3N2O4. The van der Waals surface area contributed by atoms with Gasteiger partial charge in [-0.05, 0) is 24.5 Å². The molecule has 1 unspecified atom stereocenters. The Kier molecular flexibility index (Phi) is 4.34. The van der Waals surface area contributed by atoms with E-state index in [0.29, 0.717) is 12.1 Å². The zero-order chi connectivity index (χ0) is 18.4. The number of nitrogens with zero attached hydrogens (tertiary/aromatic N) is 1. The normalized spacial score (nSPS) is 25.8. The molecule has 0 fully saturated rings. The van der Waals surface area contributed by atoms with Crippen molar-refractivity contribution in [2.75, 3.05) is 7.11 Å². The molecule has 3 rings (SSSR count). The Morgan fingerprint density at radius 3 is 2.72 bits per heavy atom. The highest BCUT2D eigenvalue weighted by Crippen LogP contribution is 2.38. The van der Waals surface area contributed by atoms with Crippen LogP contribution in [0, 0.1) is 5.92 Å². The number of esters is 1. The first kappa shape index (κ1) is 17.5. The van der Waals surface area contributed by atoms with E-state index in [4.69, 9.17) is 4.74 Å². The Morgan fingerprint density at radius 1 is 1.36 bits per heavy atom. The first-order valence-electron chi connectivity index (χ1n) is 7.88. The molecule has 1 N–H and O–H groups in total. The highest BCUT2D eigenvalue weighted by Gasteiger charge is 2.46. The van der Waals surface area contributed by atoms with E-state index in [1.807, 2.05) is 5.32 Å². The van der Waals surface area contributed by atoms with Crippen LogP contribution in [0.1, 0.15) is 30.0 Å². The van der Waals surface area contributed by atoms with Crippen molar-refractivity contribution >= 4 is 17.7 Å². The highest BCUT2D eigenvalue weighted by atomic mass is 19.4. The van der Waals surface area contributed by atoms with Crippen LogP contribution in [0.4, 0.5) is 13.2 Å². The topological polar surface area (TPSA) is 77.4 Å². The molecule has 0 radical (unpaired) electrons. The van der Waals surface area contributed by atoms with Crippen LogP contribution in [0.2, 0.25) is 0 Å². The van der Waals surface area contributed by atoms with Crippen LogP contribution in [0.25, 0.3) is 0 Å². The second-order valence-corrected chi connectivity index (χ2v) is 6.36. The van der Waals surface area contributed by atoms with Gasteiger partial charge in [-0.25, -0.2) is 0 Å². The minimum absolute atomic E-state index is 0.128. The third-order valence-electron chi connectivity index (χ3n) is 4.84. The van der Waals surface area contributed by atoms with Crippen molar-refractivity contribution < 1.29 is 32.3 Å². The largest absolute Gasteiger partial charge is 0.471 e. The highest BCUT2D eigenvalue weighted by molar-refractivity contribution is 5.92. The molecule has 1 aromatic rings. The van der Waals surface area contributed by atoms with E-state index >= 15 is 0 Å². The molecule has 3 atom stereocenters. The first-order valence-corrected chi connectivity index (χ1v) is 7.88. The van der Waals surface area contributed by atoms with Gasteiger partial charge < -0.3 is 14.6 Å². The van der Waals surface area contributed by atoms with Gasteiger partial charge in [0.1, 0.15) is 5.78 Å². The van der Waals surface area contributed by atoms with Crippen LogP contribution in [-0.4, -0.2) is 41.6 Å². The number of nitrogens with one attached hydrogen (secondary N) is 1. The number of carbonyl (C=O) groups excluding carboxylic acids is 3. The van der Waals surface area contributed by atoms with Gasteiger partial charge in [0.25, 0.3) is 0 Å². The van der Waals surface area contributed by atoms with Crippen molar-refractivity contribution in [1.29, 1.82) is 0 Å². The Bertz CT molecular complexity index is 725. The molecular weight excluding hydrogens is 341 g/mol. The van der Waals surface area contributed by atoms with E-state index < -0.39 is 35.9 Å². The molecule has 0 aromatic carbocycles. The molecule has 0 spiro atoms. The number of halogens is 3. The average Bonchev–Trinajstić information content (AvgIpc) is 2.88. The number of ketones is 1. The summed E-state index contributed by atoms with van der Waals surface area (Å²) in [5.41, 5.74) is 1.46. The summed E-state index contributed by atoms with van der Waals surface area (Å²) in [5, 5.41) is 1.95. The molecule has 0 bridgehead atoms. The summed E-state index contributed by atoms with van der Waals surface area (Å²) < 4.78 is 44.2. The predicted octanol–water partition coefficient (Wildman–Crippen LogP) is 1.33. The lowest BCUT2D eigenvalue weighted by atomic mass is 9.79. The fourth-order valence-electron chi connectivity index (χ4n) is 3.73. The molecule has 0 saturated heterocycles. The standard InChI is InChI=1S/C16H17F3N2O4/c1-25-14(23)9-6-11(22)12-10(20-15(24)16(17,18)19)3-2-8-4-5-21(7-9)13(8)12/h4-5,9-10,12H,2-3,6-7H2,1H3,(H,20,24)/t9-,10-,12?/m0/s1. The number of aryl methyl sites for hydroxylation is 1. The number of hydrogen-bond donors (Lipinski definition) is 1. The zero-order valence-corrected chi connectivity index (χ0v) is 13.4. The third kappa shape index (κ3) is 3.14. The van der Waals surface area contributed by atoms with Crippen molar-refractivity contribution in [2.45, 2.75) is 43.9 Å². The summed E-state index contributed by atoms with van der Waals surface area (Å²) in [6, 6.07) is 0.857. The van der Waals surface area contributed by atoms with Gasteiger partial charge >= 0.3 is 18.1 Å². The number of hydrogen-bond acceptors (Lipinski definition) is 4. The average molecular weight is 358 g/mol. The van der Waals surface area contributed by atoms with E-state index in [1.54, 1.807) is 16.8 Å². The Hall–Kier alpha value is -2.32. The number of rotatable bonds is 2. The summed E-state index contributed by atoms with van der Waals surface area (Å²) >= 11 is 0. The van der Waals surface area contributed by atoms with Gasteiger partial charge in [-0.15, -0.1) is 0 Å². The van der Waals surface area contributed by atoms with Crippen LogP contribution in [0.5, 0.6) is 0 Å². The second kappa shape index (κ2) is 6.20. The van der Waals surface area contributed by atoms with Crippen LogP contribution in [0.15, 0.2) is 12.3 Å². The van der Waals surface area contributed by atoms with Crippen LogP contribution >= 0.6 is 0 Å². The number of ether oxygens (including phenoxy) is 1. The van der Waals surface area contributed by atoms with Gasteiger partial charge in [-0.1, -0.05) is 0 Å². The fraction of sp³-hybridized carbons (Fsp3) is 0.562. The number of methoxy groups -OCH3 is 1. The molecule has 1 aliphatic carbocycles. The van der Waals surface area contributed by atoms with Crippen LogP contribution in [0.3, 0.4) is 0 Å². The predicted molar refractivity (Wildman–Crippen MR) is 78.6 cm³/mol. The van der Waals surface area contributed by atoms with E-state index in [1.165, 1.54) is 7.11 Å². The van der Waals surface area contributed by atoms with E-state index in [9.17, 15) is 27.6 Å². The second-order valence-electron chi connectivity index (χ2n) is 6.36. The van der Waals surface area contributed by atoms with Gasteiger partial charge in [0.15, 0.2) is 0 Å². The van der Waals surface area contributed by atoms with Gasteiger partial charge in [-0.2, -0.15) is 13.2 Å².